The fraction of sp³-hybridized carbons (Fsp3) is 0.320. The number of hydrogen-bond acceptors (Lipinski definition) is 5. The van der Waals surface area contributed by atoms with Crippen LogP contribution < -0.4 is 14.8 Å². The highest BCUT2D eigenvalue weighted by Gasteiger charge is 2.47. The van der Waals surface area contributed by atoms with Crippen molar-refractivity contribution in [3.8, 4) is 22.8 Å². The molecule has 0 spiro atoms. The number of carbonyl (C=O) groups excluding carboxylic acids is 2. The summed E-state index contributed by atoms with van der Waals surface area (Å²) in [6.45, 7) is 4.62. The topological polar surface area (TPSA) is 85.7 Å². The van der Waals surface area contributed by atoms with Gasteiger partial charge in [0.1, 0.15) is 22.7 Å². The molecule has 3 aromatic rings. The fourth-order valence-electron chi connectivity index (χ4n) is 4.25. The molecule has 4 rings (SSSR count). The molecule has 0 aliphatic carbocycles. The zero-order valence-corrected chi connectivity index (χ0v) is 19.3. The Kier molecular flexibility index (Phi) is 6.09. The van der Waals surface area contributed by atoms with E-state index in [0.29, 0.717) is 30.2 Å². The number of ether oxygens (including phenoxy) is 2. The number of hydrogen-bond donors (Lipinski definition) is 1. The summed E-state index contributed by atoms with van der Waals surface area (Å²) in [6.07, 6.45) is 0. The lowest BCUT2D eigenvalue weighted by atomic mass is 9.95. The molecule has 1 aliphatic rings. The second-order valence-corrected chi connectivity index (χ2v) is 8.12. The van der Waals surface area contributed by atoms with Gasteiger partial charge in [0.2, 0.25) is 5.91 Å². The maximum Gasteiger partial charge on any atom is 0.273 e. The highest BCUT2D eigenvalue weighted by atomic mass is 16.5. The summed E-state index contributed by atoms with van der Waals surface area (Å²) in [4.78, 5) is 28.3. The van der Waals surface area contributed by atoms with Crippen molar-refractivity contribution >= 4 is 11.8 Å². The third-order valence-electron chi connectivity index (χ3n) is 6.12. The van der Waals surface area contributed by atoms with Gasteiger partial charge in [-0.3, -0.25) is 14.3 Å². The predicted molar refractivity (Wildman–Crippen MR) is 124 cm³/mol. The number of methoxy groups -OCH3 is 2. The first-order valence-electron chi connectivity index (χ1n) is 10.9. The summed E-state index contributed by atoms with van der Waals surface area (Å²) < 4.78 is 12.2. The van der Waals surface area contributed by atoms with Gasteiger partial charge in [0.25, 0.3) is 5.91 Å². The molecular formula is C25H28N4O4. The van der Waals surface area contributed by atoms with E-state index in [-0.39, 0.29) is 18.4 Å². The molecule has 0 bridgehead atoms. The van der Waals surface area contributed by atoms with Gasteiger partial charge in [-0.15, -0.1) is 0 Å². The van der Waals surface area contributed by atoms with E-state index in [1.807, 2.05) is 55.5 Å². The second kappa shape index (κ2) is 8.97. The smallest absolute Gasteiger partial charge is 0.273 e. The van der Waals surface area contributed by atoms with E-state index in [1.54, 1.807) is 36.8 Å². The van der Waals surface area contributed by atoms with E-state index < -0.39 is 5.54 Å². The third-order valence-corrected chi connectivity index (χ3v) is 6.12. The molecule has 1 aliphatic heterocycles. The maximum absolute atomic E-state index is 13.4. The number of fused-ring (bicyclic) bond motifs is 1. The minimum atomic E-state index is -1.08. The van der Waals surface area contributed by atoms with Gasteiger partial charge in [0, 0.05) is 24.2 Å². The van der Waals surface area contributed by atoms with Crippen LogP contribution in [0.5, 0.6) is 11.5 Å². The molecular weight excluding hydrogens is 420 g/mol. The SMILES string of the molecule is CCN1C(=O)c2cc(-c3ccc(OC)cc3)nn2C[C@]1(C)C(=O)NCc1ccccc1OC. The number of nitrogens with zero attached hydrogens (tertiary/aromatic N) is 3. The lowest BCUT2D eigenvalue weighted by Crippen LogP contribution is -2.63. The third kappa shape index (κ3) is 4.04. The molecule has 0 radical (unpaired) electrons. The zero-order chi connectivity index (χ0) is 23.6. The molecule has 8 heteroatoms. The van der Waals surface area contributed by atoms with Crippen LogP contribution in [0.25, 0.3) is 11.3 Å². The average Bonchev–Trinajstić information content (AvgIpc) is 3.26. The molecule has 1 aromatic heterocycles. The zero-order valence-electron chi connectivity index (χ0n) is 19.3. The van der Waals surface area contributed by atoms with Crippen molar-refractivity contribution in [3.05, 3.63) is 65.9 Å². The highest BCUT2D eigenvalue weighted by molar-refractivity contribution is 6.00. The lowest BCUT2D eigenvalue weighted by Gasteiger charge is -2.42. The van der Waals surface area contributed by atoms with Crippen LogP contribution in [0, 0.1) is 0 Å². The van der Waals surface area contributed by atoms with Crippen molar-refractivity contribution in [1.82, 2.24) is 20.0 Å². The van der Waals surface area contributed by atoms with Crippen molar-refractivity contribution in [1.29, 1.82) is 0 Å². The molecule has 1 atom stereocenters. The molecule has 0 saturated heterocycles. The van der Waals surface area contributed by atoms with E-state index in [1.165, 1.54) is 0 Å². The summed E-state index contributed by atoms with van der Waals surface area (Å²) in [5.41, 5.74) is 1.80. The Morgan fingerprint density at radius 2 is 1.85 bits per heavy atom. The Morgan fingerprint density at radius 1 is 1.12 bits per heavy atom. The number of benzene rings is 2. The molecule has 33 heavy (non-hydrogen) atoms. The second-order valence-electron chi connectivity index (χ2n) is 8.12. The molecule has 0 fully saturated rings. The first-order chi connectivity index (χ1) is 15.9. The van der Waals surface area contributed by atoms with Crippen LogP contribution in [0.4, 0.5) is 0 Å². The molecule has 1 N–H and O–H groups in total. The molecule has 172 valence electrons. The van der Waals surface area contributed by atoms with Gasteiger partial charge in [-0.25, -0.2) is 0 Å². The first kappa shape index (κ1) is 22.4. The van der Waals surface area contributed by atoms with Crippen LogP contribution in [-0.4, -0.2) is 52.8 Å². The monoisotopic (exact) mass is 448 g/mol. The summed E-state index contributed by atoms with van der Waals surface area (Å²) in [6, 6.07) is 16.8. The Morgan fingerprint density at radius 3 is 2.52 bits per heavy atom. The normalized spacial score (nSPS) is 17.5. The minimum Gasteiger partial charge on any atom is -0.497 e. The Labute approximate surface area is 193 Å². The lowest BCUT2D eigenvalue weighted by molar-refractivity contribution is -0.133. The molecule has 2 amide bonds. The summed E-state index contributed by atoms with van der Waals surface area (Å²) in [7, 11) is 3.21. The largest absolute Gasteiger partial charge is 0.497 e. The molecule has 0 saturated carbocycles. The van der Waals surface area contributed by atoms with E-state index >= 15 is 0 Å². The Bertz CT molecular complexity index is 1170. The average molecular weight is 449 g/mol. The van der Waals surface area contributed by atoms with Gasteiger partial charge >= 0.3 is 0 Å². The maximum atomic E-state index is 13.4. The van der Waals surface area contributed by atoms with E-state index in [4.69, 9.17) is 9.47 Å². The molecule has 2 aromatic carbocycles. The van der Waals surface area contributed by atoms with E-state index in [0.717, 1.165) is 16.9 Å². The van der Waals surface area contributed by atoms with Crippen LogP contribution >= 0.6 is 0 Å². The number of amides is 2. The number of carbonyl (C=O) groups is 2. The van der Waals surface area contributed by atoms with E-state index in [9.17, 15) is 9.59 Å². The highest BCUT2D eigenvalue weighted by Crippen LogP contribution is 2.30. The van der Waals surface area contributed by atoms with Crippen LogP contribution in [0.2, 0.25) is 0 Å². The van der Waals surface area contributed by atoms with Gasteiger partial charge in [-0.2, -0.15) is 5.10 Å². The van der Waals surface area contributed by atoms with Gasteiger partial charge in [-0.1, -0.05) is 18.2 Å². The van der Waals surface area contributed by atoms with Crippen molar-refractivity contribution in [3.63, 3.8) is 0 Å². The van der Waals surface area contributed by atoms with Gasteiger partial charge in [0.15, 0.2) is 0 Å². The molecule has 8 nitrogen and oxygen atoms in total. The van der Waals surface area contributed by atoms with Crippen molar-refractivity contribution in [2.24, 2.45) is 0 Å². The quantitative estimate of drug-likeness (QED) is 0.600. The number of aromatic nitrogens is 2. The summed E-state index contributed by atoms with van der Waals surface area (Å²) in [5, 5.41) is 7.63. The van der Waals surface area contributed by atoms with Crippen LogP contribution in [0.1, 0.15) is 29.9 Å². The number of nitrogens with one attached hydrogen (secondary N) is 1. The first-order valence-corrected chi connectivity index (χ1v) is 10.9. The summed E-state index contributed by atoms with van der Waals surface area (Å²) >= 11 is 0. The minimum absolute atomic E-state index is 0.217. The molecule has 2 heterocycles. The van der Waals surface area contributed by atoms with Crippen molar-refractivity contribution < 1.29 is 19.1 Å². The van der Waals surface area contributed by atoms with Crippen LogP contribution in [-0.2, 0) is 17.9 Å². The van der Waals surface area contributed by atoms with E-state index in [2.05, 4.69) is 10.4 Å². The Balaban J connectivity index is 1.60. The Hall–Kier alpha value is -3.81. The summed E-state index contributed by atoms with van der Waals surface area (Å²) in [5.74, 6) is 0.991. The van der Waals surface area contributed by atoms with Crippen LogP contribution in [0.3, 0.4) is 0 Å². The number of likely N-dealkylation sites (N-methyl/N-ethyl adjacent to an activating group) is 1. The van der Waals surface area contributed by atoms with Crippen molar-refractivity contribution in [2.75, 3.05) is 20.8 Å². The number of para-hydroxylation sites is 1. The standard InChI is InChI=1S/C25H28N4O4/c1-5-28-23(30)21-14-20(17-10-12-19(32-3)13-11-17)27-29(21)16-25(28,2)24(31)26-15-18-8-6-7-9-22(18)33-4/h6-14H,5,15-16H2,1-4H3,(H,26,31)/t25-/m1/s1. The van der Waals surface area contributed by atoms with Crippen LogP contribution in [0.15, 0.2) is 54.6 Å². The van der Waals surface area contributed by atoms with Gasteiger partial charge in [-0.05, 0) is 50.2 Å². The van der Waals surface area contributed by atoms with Gasteiger partial charge < -0.3 is 19.7 Å². The molecule has 0 unspecified atom stereocenters. The van der Waals surface area contributed by atoms with Crippen molar-refractivity contribution in [2.45, 2.75) is 32.5 Å². The number of rotatable bonds is 7. The van der Waals surface area contributed by atoms with Gasteiger partial charge in [0.05, 0.1) is 26.5 Å². The fourth-order valence-corrected chi connectivity index (χ4v) is 4.25. The predicted octanol–water partition coefficient (Wildman–Crippen LogP) is 3.12.